The second kappa shape index (κ2) is 8.59. The molecule has 6 rings (SSSR count). The average Bonchev–Trinajstić information content (AvgIpc) is 3.62. The SMILES string of the molecule is CC(C)(C)C(=O)Nc1cncc(-c2cc(F)c3[nH]nc(-c4nc5c(-c6cccs6)ccnc5[nH]4)c3c2)c1. The Bertz CT molecular complexity index is 1780. The van der Waals surface area contributed by atoms with E-state index in [2.05, 4.69) is 30.5 Å². The fourth-order valence-corrected chi connectivity index (χ4v) is 4.82. The number of aromatic nitrogens is 6. The molecule has 0 fully saturated rings. The van der Waals surface area contributed by atoms with E-state index in [9.17, 15) is 4.79 Å². The van der Waals surface area contributed by atoms with Crippen molar-refractivity contribution in [3.63, 3.8) is 0 Å². The van der Waals surface area contributed by atoms with Crippen LogP contribution in [0.1, 0.15) is 20.8 Å². The summed E-state index contributed by atoms with van der Waals surface area (Å²) in [5, 5.41) is 12.6. The van der Waals surface area contributed by atoms with Gasteiger partial charge in [0.15, 0.2) is 11.5 Å². The maximum Gasteiger partial charge on any atom is 0.229 e. The quantitative estimate of drug-likeness (QED) is 0.253. The number of halogens is 1. The van der Waals surface area contributed by atoms with Gasteiger partial charge in [-0.25, -0.2) is 14.4 Å². The van der Waals surface area contributed by atoms with Crippen LogP contribution < -0.4 is 5.32 Å². The lowest BCUT2D eigenvalue weighted by Gasteiger charge is -2.17. The van der Waals surface area contributed by atoms with E-state index in [1.54, 1.807) is 36.0 Å². The van der Waals surface area contributed by atoms with Crippen molar-refractivity contribution in [3.8, 4) is 33.1 Å². The van der Waals surface area contributed by atoms with E-state index >= 15 is 4.39 Å². The predicted octanol–water partition coefficient (Wildman–Crippen LogP) is 6.42. The molecule has 5 heterocycles. The van der Waals surface area contributed by atoms with Crippen LogP contribution in [-0.4, -0.2) is 36.0 Å². The Morgan fingerprint density at radius 3 is 2.76 bits per heavy atom. The summed E-state index contributed by atoms with van der Waals surface area (Å²) in [5.74, 6) is -0.104. The number of nitrogens with zero attached hydrogens (tertiary/aromatic N) is 4. The molecule has 10 heteroatoms. The Balaban J connectivity index is 1.43. The largest absolute Gasteiger partial charge is 0.324 e. The molecule has 0 saturated carbocycles. The number of carbonyl (C=O) groups excluding carboxylic acids is 1. The van der Waals surface area contributed by atoms with Crippen LogP contribution >= 0.6 is 11.3 Å². The van der Waals surface area contributed by atoms with Crippen LogP contribution in [0.5, 0.6) is 0 Å². The molecule has 0 aliphatic heterocycles. The topological polar surface area (TPSA) is 112 Å². The molecule has 184 valence electrons. The van der Waals surface area contributed by atoms with Gasteiger partial charge in [-0.3, -0.25) is 14.9 Å². The van der Waals surface area contributed by atoms with Crippen LogP contribution in [0.4, 0.5) is 10.1 Å². The summed E-state index contributed by atoms with van der Waals surface area (Å²) >= 11 is 1.62. The number of benzene rings is 1. The van der Waals surface area contributed by atoms with Gasteiger partial charge in [-0.05, 0) is 41.3 Å². The number of thiophene rings is 1. The van der Waals surface area contributed by atoms with E-state index in [4.69, 9.17) is 4.98 Å². The minimum Gasteiger partial charge on any atom is -0.324 e. The molecule has 0 atom stereocenters. The lowest BCUT2D eigenvalue weighted by atomic mass is 9.95. The Morgan fingerprint density at radius 2 is 1.97 bits per heavy atom. The zero-order chi connectivity index (χ0) is 25.7. The van der Waals surface area contributed by atoms with Gasteiger partial charge in [0.25, 0.3) is 0 Å². The molecule has 0 aliphatic rings. The first-order valence-electron chi connectivity index (χ1n) is 11.6. The summed E-state index contributed by atoms with van der Waals surface area (Å²) < 4.78 is 15.2. The first-order valence-corrected chi connectivity index (χ1v) is 12.5. The number of rotatable bonds is 4. The van der Waals surface area contributed by atoms with Crippen molar-refractivity contribution < 1.29 is 9.18 Å². The fraction of sp³-hybridized carbons (Fsp3) is 0.148. The number of H-pyrrole nitrogens is 2. The molecule has 0 unspecified atom stereocenters. The second-order valence-corrected chi connectivity index (χ2v) is 10.7. The van der Waals surface area contributed by atoms with Gasteiger partial charge in [-0.1, -0.05) is 26.8 Å². The maximum atomic E-state index is 15.2. The van der Waals surface area contributed by atoms with Gasteiger partial charge in [0, 0.05) is 39.2 Å². The van der Waals surface area contributed by atoms with Crippen molar-refractivity contribution in [2.45, 2.75) is 20.8 Å². The van der Waals surface area contributed by atoms with Crippen LogP contribution in [0.15, 0.2) is 60.4 Å². The van der Waals surface area contributed by atoms with Crippen molar-refractivity contribution in [3.05, 3.63) is 66.2 Å². The van der Waals surface area contributed by atoms with E-state index in [0.29, 0.717) is 39.4 Å². The van der Waals surface area contributed by atoms with Crippen molar-refractivity contribution in [2.75, 3.05) is 5.32 Å². The van der Waals surface area contributed by atoms with Crippen LogP contribution in [0.2, 0.25) is 0 Å². The molecule has 5 aromatic heterocycles. The van der Waals surface area contributed by atoms with Crippen LogP contribution in [0.3, 0.4) is 0 Å². The molecule has 0 radical (unpaired) electrons. The number of imidazole rings is 1. The van der Waals surface area contributed by atoms with E-state index in [1.165, 1.54) is 6.07 Å². The Morgan fingerprint density at radius 1 is 1.11 bits per heavy atom. The third-order valence-electron chi connectivity index (χ3n) is 6.03. The molecule has 3 N–H and O–H groups in total. The number of nitrogens with one attached hydrogen (secondary N) is 3. The third kappa shape index (κ3) is 4.15. The molecule has 37 heavy (non-hydrogen) atoms. The highest BCUT2D eigenvalue weighted by molar-refractivity contribution is 7.13. The van der Waals surface area contributed by atoms with Crippen LogP contribution in [0.25, 0.3) is 55.2 Å². The van der Waals surface area contributed by atoms with E-state index < -0.39 is 11.2 Å². The molecular weight excluding hydrogens is 489 g/mol. The predicted molar refractivity (Wildman–Crippen MR) is 144 cm³/mol. The smallest absolute Gasteiger partial charge is 0.229 e. The number of amides is 1. The molecule has 1 aromatic carbocycles. The van der Waals surface area contributed by atoms with Gasteiger partial charge in [0.1, 0.15) is 22.5 Å². The Labute approximate surface area is 215 Å². The third-order valence-corrected chi connectivity index (χ3v) is 6.93. The van der Waals surface area contributed by atoms with Gasteiger partial charge in [0.05, 0.1) is 11.9 Å². The number of aromatic amines is 2. The summed E-state index contributed by atoms with van der Waals surface area (Å²) in [7, 11) is 0. The average molecular weight is 512 g/mol. The van der Waals surface area contributed by atoms with Gasteiger partial charge >= 0.3 is 0 Å². The highest BCUT2D eigenvalue weighted by atomic mass is 32.1. The molecule has 0 saturated heterocycles. The zero-order valence-corrected chi connectivity index (χ0v) is 21.1. The first-order chi connectivity index (χ1) is 17.8. The standard InChI is InChI=1S/C27H22FN7OS/c1-27(2,3)26(36)31-16-9-15(12-29-13-16)14-10-18-21(19(28)11-14)34-35-23(18)25-32-22-17(20-5-4-8-37-20)6-7-30-24(22)33-25/h4-13H,1-3H3,(H,31,36)(H,34,35)(H,30,32,33). The van der Waals surface area contributed by atoms with E-state index in [-0.39, 0.29) is 11.4 Å². The lowest BCUT2D eigenvalue weighted by Crippen LogP contribution is -2.27. The number of pyridine rings is 2. The molecule has 0 aliphatic carbocycles. The summed E-state index contributed by atoms with van der Waals surface area (Å²) in [5.41, 5.74) is 4.30. The van der Waals surface area contributed by atoms with Crippen molar-refractivity contribution in [2.24, 2.45) is 5.41 Å². The van der Waals surface area contributed by atoms with Crippen molar-refractivity contribution >= 4 is 45.0 Å². The van der Waals surface area contributed by atoms with E-state index in [1.807, 2.05) is 50.4 Å². The van der Waals surface area contributed by atoms with Gasteiger partial charge in [-0.15, -0.1) is 11.3 Å². The van der Waals surface area contributed by atoms with Crippen LogP contribution in [0, 0.1) is 11.2 Å². The highest BCUT2D eigenvalue weighted by Crippen LogP contribution is 2.35. The maximum absolute atomic E-state index is 15.2. The molecular formula is C27H22FN7OS. The Kier molecular flexibility index (Phi) is 5.34. The number of carbonyl (C=O) groups is 1. The lowest BCUT2D eigenvalue weighted by molar-refractivity contribution is -0.123. The van der Waals surface area contributed by atoms with Gasteiger partial charge in [-0.2, -0.15) is 5.10 Å². The summed E-state index contributed by atoms with van der Waals surface area (Å²) in [6, 6.07) is 11.0. The zero-order valence-electron chi connectivity index (χ0n) is 20.3. The molecule has 6 aromatic rings. The minimum atomic E-state index is -0.558. The number of hydrogen-bond donors (Lipinski definition) is 3. The highest BCUT2D eigenvalue weighted by Gasteiger charge is 2.22. The molecule has 0 bridgehead atoms. The first kappa shape index (κ1) is 23.0. The summed E-state index contributed by atoms with van der Waals surface area (Å²) in [6.45, 7) is 5.50. The normalized spacial score (nSPS) is 11.9. The monoisotopic (exact) mass is 511 g/mol. The number of anilines is 1. The summed E-state index contributed by atoms with van der Waals surface area (Å²) in [4.78, 5) is 30.2. The van der Waals surface area contributed by atoms with Gasteiger partial charge < -0.3 is 10.3 Å². The molecule has 8 nitrogen and oxygen atoms in total. The minimum absolute atomic E-state index is 0.134. The second-order valence-electron chi connectivity index (χ2n) is 9.74. The van der Waals surface area contributed by atoms with Gasteiger partial charge in [0.2, 0.25) is 5.91 Å². The van der Waals surface area contributed by atoms with Crippen molar-refractivity contribution in [1.82, 2.24) is 30.1 Å². The Hall–Kier alpha value is -4.44. The number of fused-ring (bicyclic) bond motifs is 2. The van der Waals surface area contributed by atoms with E-state index in [0.717, 1.165) is 16.0 Å². The number of hydrogen-bond acceptors (Lipinski definition) is 6. The summed E-state index contributed by atoms with van der Waals surface area (Å²) in [6.07, 6.45) is 4.93. The fourth-order valence-electron chi connectivity index (χ4n) is 4.06. The molecule has 0 spiro atoms. The van der Waals surface area contributed by atoms with Crippen LogP contribution in [-0.2, 0) is 4.79 Å². The molecule has 1 amide bonds. The van der Waals surface area contributed by atoms with Crippen molar-refractivity contribution in [1.29, 1.82) is 0 Å².